The van der Waals surface area contributed by atoms with Crippen LogP contribution in [-0.4, -0.2) is 6.54 Å². The van der Waals surface area contributed by atoms with E-state index >= 15 is 0 Å². The van der Waals surface area contributed by atoms with Crippen LogP contribution < -0.4 is 5.32 Å². The van der Waals surface area contributed by atoms with Crippen molar-refractivity contribution in [2.75, 3.05) is 6.54 Å². The van der Waals surface area contributed by atoms with Gasteiger partial charge in [0.15, 0.2) is 0 Å². The highest BCUT2D eigenvalue weighted by Crippen LogP contribution is 2.33. The Morgan fingerprint density at radius 3 is 2.88 bits per heavy atom. The molecular formula is C14H20FN. The van der Waals surface area contributed by atoms with Crippen molar-refractivity contribution in [1.29, 1.82) is 0 Å². The molecule has 2 rings (SSSR count). The molecule has 0 radical (unpaired) electrons. The van der Waals surface area contributed by atoms with Crippen molar-refractivity contribution in [3.05, 3.63) is 35.1 Å². The van der Waals surface area contributed by atoms with E-state index in [4.69, 9.17) is 0 Å². The van der Waals surface area contributed by atoms with Gasteiger partial charge in [0.2, 0.25) is 0 Å². The van der Waals surface area contributed by atoms with Crippen LogP contribution in [0.15, 0.2) is 18.2 Å². The van der Waals surface area contributed by atoms with Gasteiger partial charge in [-0.2, -0.15) is 0 Å². The normalized spacial score (nSPS) is 15.4. The Labute approximate surface area is 97.1 Å². The highest BCUT2D eigenvalue weighted by atomic mass is 19.1. The fourth-order valence-electron chi connectivity index (χ4n) is 2.00. The number of hydrogen-bond acceptors (Lipinski definition) is 1. The van der Waals surface area contributed by atoms with Crippen LogP contribution in [0.25, 0.3) is 0 Å². The summed E-state index contributed by atoms with van der Waals surface area (Å²) in [5, 5.41) is 3.42. The van der Waals surface area contributed by atoms with Gasteiger partial charge in [-0.1, -0.05) is 18.9 Å². The summed E-state index contributed by atoms with van der Waals surface area (Å²) in [6.45, 7) is 3.90. The molecule has 0 heterocycles. The molecule has 1 aromatic rings. The van der Waals surface area contributed by atoms with Gasteiger partial charge < -0.3 is 5.32 Å². The van der Waals surface area contributed by atoms with Gasteiger partial charge in [-0.15, -0.1) is 0 Å². The molecule has 16 heavy (non-hydrogen) atoms. The summed E-state index contributed by atoms with van der Waals surface area (Å²) in [5.41, 5.74) is 2.24. The summed E-state index contributed by atoms with van der Waals surface area (Å²) in [7, 11) is 0. The van der Waals surface area contributed by atoms with Crippen LogP contribution in [0.5, 0.6) is 0 Å². The monoisotopic (exact) mass is 221 g/mol. The van der Waals surface area contributed by atoms with E-state index < -0.39 is 0 Å². The van der Waals surface area contributed by atoms with Crippen molar-refractivity contribution < 1.29 is 4.39 Å². The van der Waals surface area contributed by atoms with Crippen molar-refractivity contribution in [3.8, 4) is 0 Å². The number of aryl methyl sites for hydroxylation is 1. The van der Waals surface area contributed by atoms with Gasteiger partial charge in [-0.3, -0.25) is 0 Å². The SMILES string of the molecule is Cc1cc(F)ccc1CNCCCC1CC1. The van der Waals surface area contributed by atoms with E-state index in [1.807, 2.05) is 13.0 Å². The Balaban J connectivity index is 1.67. The standard InChI is InChI=1S/C14H20FN/c1-11-9-14(15)7-6-13(11)10-16-8-2-3-12-4-5-12/h6-7,9,12,16H,2-5,8,10H2,1H3. The molecule has 1 aliphatic carbocycles. The van der Waals surface area contributed by atoms with E-state index in [0.29, 0.717) is 0 Å². The molecular weight excluding hydrogens is 201 g/mol. The summed E-state index contributed by atoms with van der Waals surface area (Å²) in [6.07, 6.45) is 5.52. The summed E-state index contributed by atoms with van der Waals surface area (Å²) in [6, 6.07) is 5.01. The van der Waals surface area contributed by atoms with Crippen molar-refractivity contribution in [2.24, 2.45) is 5.92 Å². The van der Waals surface area contributed by atoms with Crippen molar-refractivity contribution in [2.45, 2.75) is 39.2 Å². The number of hydrogen-bond donors (Lipinski definition) is 1. The van der Waals surface area contributed by atoms with Crippen LogP contribution in [0.4, 0.5) is 4.39 Å². The van der Waals surface area contributed by atoms with Gasteiger partial charge in [-0.25, -0.2) is 4.39 Å². The zero-order valence-corrected chi connectivity index (χ0v) is 9.93. The highest BCUT2D eigenvalue weighted by molar-refractivity contribution is 5.26. The molecule has 1 saturated carbocycles. The Morgan fingerprint density at radius 1 is 1.38 bits per heavy atom. The predicted molar refractivity (Wildman–Crippen MR) is 64.8 cm³/mol. The summed E-state index contributed by atoms with van der Waals surface area (Å²) in [4.78, 5) is 0. The van der Waals surface area contributed by atoms with Crippen LogP contribution in [0.2, 0.25) is 0 Å². The second-order valence-corrected chi connectivity index (χ2v) is 4.83. The third-order valence-electron chi connectivity index (χ3n) is 3.28. The smallest absolute Gasteiger partial charge is 0.123 e. The molecule has 88 valence electrons. The largest absolute Gasteiger partial charge is 0.313 e. The summed E-state index contributed by atoms with van der Waals surface area (Å²) < 4.78 is 12.9. The van der Waals surface area contributed by atoms with Gasteiger partial charge in [0.05, 0.1) is 0 Å². The lowest BCUT2D eigenvalue weighted by Crippen LogP contribution is -2.15. The maximum Gasteiger partial charge on any atom is 0.123 e. The molecule has 0 saturated heterocycles. The number of benzene rings is 1. The molecule has 0 unspecified atom stereocenters. The third-order valence-corrected chi connectivity index (χ3v) is 3.28. The molecule has 1 nitrogen and oxygen atoms in total. The Kier molecular flexibility index (Phi) is 3.94. The average Bonchev–Trinajstić information content (AvgIpc) is 3.04. The fraction of sp³-hybridized carbons (Fsp3) is 0.571. The quantitative estimate of drug-likeness (QED) is 0.726. The lowest BCUT2D eigenvalue weighted by atomic mass is 10.1. The Morgan fingerprint density at radius 2 is 2.19 bits per heavy atom. The lowest BCUT2D eigenvalue weighted by Gasteiger charge is -2.07. The zero-order valence-electron chi connectivity index (χ0n) is 9.93. The van der Waals surface area contributed by atoms with E-state index in [9.17, 15) is 4.39 Å². The molecule has 0 spiro atoms. The van der Waals surface area contributed by atoms with E-state index in [1.54, 1.807) is 6.07 Å². The number of halogens is 1. The second kappa shape index (κ2) is 5.44. The first-order valence-corrected chi connectivity index (χ1v) is 6.21. The van der Waals surface area contributed by atoms with Gasteiger partial charge in [0.1, 0.15) is 5.82 Å². The molecule has 1 aliphatic rings. The van der Waals surface area contributed by atoms with Crippen LogP contribution in [-0.2, 0) is 6.54 Å². The van der Waals surface area contributed by atoms with Gasteiger partial charge in [-0.05, 0) is 55.5 Å². The van der Waals surface area contributed by atoms with Crippen LogP contribution >= 0.6 is 0 Å². The predicted octanol–water partition coefficient (Wildman–Crippen LogP) is 3.41. The summed E-state index contributed by atoms with van der Waals surface area (Å²) >= 11 is 0. The molecule has 1 aromatic carbocycles. The molecule has 0 atom stereocenters. The minimum atomic E-state index is -0.144. The first-order chi connectivity index (χ1) is 7.75. The molecule has 1 N–H and O–H groups in total. The minimum absolute atomic E-state index is 0.144. The molecule has 0 aliphatic heterocycles. The Hall–Kier alpha value is -0.890. The molecule has 0 bridgehead atoms. The molecule has 2 heteroatoms. The van der Waals surface area contributed by atoms with Crippen LogP contribution in [0.3, 0.4) is 0 Å². The van der Waals surface area contributed by atoms with Gasteiger partial charge in [0, 0.05) is 6.54 Å². The number of nitrogens with one attached hydrogen (secondary N) is 1. The molecule has 0 amide bonds. The van der Waals surface area contributed by atoms with E-state index in [1.165, 1.54) is 37.3 Å². The van der Waals surface area contributed by atoms with Crippen molar-refractivity contribution in [1.82, 2.24) is 5.32 Å². The Bertz CT molecular complexity index is 345. The average molecular weight is 221 g/mol. The lowest BCUT2D eigenvalue weighted by molar-refractivity contribution is 0.590. The second-order valence-electron chi connectivity index (χ2n) is 4.83. The first-order valence-electron chi connectivity index (χ1n) is 6.21. The van der Waals surface area contributed by atoms with Gasteiger partial charge in [0.25, 0.3) is 0 Å². The van der Waals surface area contributed by atoms with E-state index in [0.717, 1.165) is 24.6 Å². The first kappa shape index (κ1) is 11.6. The highest BCUT2D eigenvalue weighted by Gasteiger charge is 2.19. The van der Waals surface area contributed by atoms with Gasteiger partial charge >= 0.3 is 0 Å². The number of rotatable bonds is 6. The summed E-state index contributed by atoms with van der Waals surface area (Å²) in [5.74, 6) is 0.879. The molecule has 0 aromatic heterocycles. The minimum Gasteiger partial charge on any atom is -0.313 e. The zero-order chi connectivity index (χ0) is 11.4. The fourth-order valence-corrected chi connectivity index (χ4v) is 2.00. The third kappa shape index (κ3) is 3.60. The van der Waals surface area contributed by atoms with Crippen LogP contribution in [0.1, 0.15) is 36.8 Å². The topological polar surface area (TPSA) is 12.0 Å². The van der Waals surface area contributed by atoms with E-state index in [2.05, 4.69) is 5.32 Å². The van der Waals surface area contributed by atoms with E-state index in [-0.39, 0.29) is 5.82 Å². The maximum absolute atomic E-state index is 12.9. The van der Waals surface area contributed by atoms with Crippen LogP contribution in [0, 0.1) is 18.7 Å². The molecule has 1 fully saturated rings. The van der Waals surface area contributed by atoms with Crippen molar-refractivity contribution >= 4 is 0 Å². The van der Waals surface area contributed by atoms with Crippen molar-refractivity contribution in [3.63, 3.8) is 0 Å². The maximum atomic E-state index is 12.9.